The molecule has 3 aromatic carbocycles. The molecular formula is C24H24OS. The van der Waals surface area contributed by atoms with E-state index in [1.807, 2.05) is 12.1 Å². The Morgan fingerprint density at radius 1 is 0.885 bits per heavy atom. The van der Waals surface area contributed by atoms with Crippen molar-refractivity contribution in [1.82, 2.24) is 0 Å². The van der Waals surface area contributed by atoms with Crippen molar-refractivity contribution in [2.75, 3.05) is 7.11 Å². The molecule has 2 heteroatoms. The second-order valence-corrected chi connectivity index (χ2v) is 8.28. The largest absolute Gasteiger partial charge is 0.497 e. The molecule has 1 aliphatic rings. The van der Waals surface area contributed by atoms with Gasteiger partial charge in [0.05, 0.1) is 7.11 Å². The molecule has 0 radical (unpaired) electrons. The van der Waals surface area contributed by atoms with E-state index in [9.17, 15) is 0 Å². The minimum Gasteiger partial charge on any atom is -0.497 e. The Morgan fingerprint density at radius 2 is 1.69 bits per heavy atom. The average Bonchev–Trinajstić information content (AvgIpc) is 2.69. The molecule has 0 N–H and O–H groups in total. The number of ether oxygens (including phenoxy) is 1. The number of fused-ring (bicyclic) bond motifs is 1. The van der Waals surface area contributed by atoms with Gasteiger partial charge in [-0.15, -0.1) is 11.8 Å². The summed E-state index contributed by atoms with van der Waals surface area (Å²) in [6.45, 7) is 0. The van der Waals surface area contributed by atoms with E-state index in [0.717, 1.165) is 18.6 Å². The highest BCUT2D eigenvalue weighted by atomic mass is 32.2. The van der Waals surface area contributed by atoms with E-state index < -0.39 is 0 Å². The van der Waals surface area contributed by atoms with Crippen molar-refractivity contribution in [2.24, 2.45) is 0 Å². The average molecular weight is 361 g/mol. The second kappa shape index (κ2) is 8.01. The monoisotopic (exact) mass is 360 g/mol. The van der Waals surface area contributed by atoms with Crippen LogP contribution in [0.5, 0.6) is 5.75 Å². The number of thioether (sulfide) groups is 1. The van der Waals surface area contributed by atoms with E-state index in [1.54, 1.807) is 7.11 Å². The fraction of sp³-hybridized carbons (Fsp3) is 0.250. The van der Waals surface area contributed by atoms with Crippen LogP contribution in [0.1, 0.15) is 28.7 Å². The molecule has 26 heavy (non-hydrogen) atoms. The van der Waals surface area contributed by atoms with Crippen LogP contribution in [-0.2, 0) is 19.3 Å². The molecule has 1 unspecified atom stereocenters. The van der Waals surface area contributed by atoms with Crippen molar-refractivity contribution < 1.29 is 4.74 Å². The molecule has 0 saturated carbocycles. The molecule has 1 aliphatic heterocycles. The Balaban J connectivity index is 1.43. The number of rotatable bonds is 5. The standard InChI is InChI=1S/C24H24OS/c1-25-22-12-9-18(10-13-22)15-19-5-4-6-20(16-19)17-23-14-11-21-7-2-3-8-24(21)26-23/h2-10,12-13,16,23H,11,14-15,17H2,1H3. The SMILES string of the molecule is COc1ccc(Cc2cccc(CC3CCc4ccccc4S3)c2)cc1. The molecule has 0 bridgehead atoms. The van der Waals surface area contributed by atoms with Gasteiger partial charge in [-0.1, -0.05) is 54.6 Å². The molecule has 0 fully saturated rings. The lowest BCUT2D eigenvalue weighted by molar-refractivity contribution is 0.414. The fourth-order valence-electron chi connectivity index (χ4n) is 3.63. The molecule has 0 saturated heterocycles. The summed E-state index contributed by atoms with van der Waals surface area (Å²) in [4.78, 5) is 1.47. The third-order valence-electron chi connectivity index (χ3n) is 5.02. The van der Waals surface area contributed by atoms with Crippen molar-refractivity contribution in [3.63, 3.8) is 0 Å². The molecule has 1 atom stereocenters. The lowest BCUT2D eigenvalue weighted by atomic mass is 9.98. The molecule has 3 aromatic rings. The first-order valence-electron chi connectivity index (χ1n) is 9.25. The smallest absolute Gasteiger partial charge is 0.118 e. The predicted octanol–water partition coefficient (Wildman–Crippen LogP) is 5.94. The number of benzene rings is 3. The number of hydrogen-bond donors (Lipinski definition) is 0. The molecule has 1 heterocycles. The molecule has 0 aliphatic carbocycles. The molecule has 0 aromatic heterocycles. The maximum Gasteiger partial charge on any atom is 0.118 e. The van der Waals surface area contributed by atoms with Gasteiger partial charge in [0, 0.05) is 10.1 Å². The molecule has 0 spiro atoms. The van der Waals surface area contributed by atoms with Crippen LogP contribution in [-0.4, -0.2) is 12.4 Å². The van der Waals surface area contributed by atoms with Crippen LogP contribution < -0.4 is 4.74 Å². The van der Waals surface area contributed by atoms with Crippen LogP contribution in [0.4, 0.5) is 0 Å². The molecule has 4 rings (SSSR count). The first-order valence-corrected chi connectivity index (χ1v) is 10.1. The van der Waals surface area contributed by atoms with Gasteiger partial charge in [-0.05, 0) is 66.1 Å². The normalized spacial score (nSPS) is 16.1. The Bertz CT molecular complexity index is 869. The highest BCUT2D eigenvalue weighted by molar-refractivity contribution is 8.00. The van der Waals surface area contributed by atoms with Crippen molar-refractivity contribution in [2.45, 2.75) is 35.8 Å². The zero-order valence-electron chi connectivity index (χ0n) is 15.2. The van der Waals surface area contributed by atoms with Crippen LogP contribution in [0.15, 0.2) is 77.7 Å². The first kappa shape index (κ1) is 17.2. The summed E-state index contributed by atoms with van der Waals surface area (Å²) < 4.78 is 5.25. The number of methoxy groups -OCH3 is 1. The summed E-state index contributed by atoms with van der Waals surface area (Å²) in [5, 5.41) is 0.682. The molecular weight excluding hydrogens is 336 g/mol. The fourth-order valence-corrected chi connectivity index (χ4v) is 4.98. The summed E-state index contributed by atoms with van der Waals surface area (Å²) >= 11 is 2.05. The van der Waals surface area contributed by atoms with Crippen molar-refractivity contribution in [3.8, 4) is 5.75 Å². The van der Waals surface area contributed by atoms with Gasteiger partial charge in [-0.2, -0.15) is 0 Å². The van der Waals surface area contributed by atoms with Gasteiger partial charge in [0.2, 0.25) is 0 Å². The van der Waals surface area contributed by atoms with Crippen LogP contribution in [0, 0.1) is 0 Å². The van der Waals surface area contributed by atoms with Gasteiger partial charge in [-0.3, -0.25) is 0 Å². The van der Waals surface area contributed by atoms with E-state index in [-0.39, 0.29) is 0 Å². The van der Waals surface area contributed by atoms with E-state index in [0.29, 0.717) is 5.25 Å². The number of hydrogen-bond acceptors (Lipinski definition) is 2. The highest BCUT2D eigenvalue weighted by Gasteiger charge is 2.19. The van der Waals surface area contributed by atoms with Crippen LogP contribution in [0.2, 0.25) is 0 Å². The Kier molecular flexibility index (Phi) is 5.31. The highest BCUT2D eigenvalue weighted by Crippen LogP contribution is 2.36. The maximum absolute atomic E-state index is 5.25. The molecule has 1 nitrogen and oxygen atoms in total. The minimum atomic E-state index is 0.682. The van der Waals surface area contributed by atoms with Crippen LogP contribution >= 0.6 is 11.8 Å². The second-order valence-electron chi connectivity index (χ2n) is 6.94. The zero-order valence-corrected chi connectivity index (χ0v) is 16.0. The summed E-state index contributed by atoms with van der Waals surface area (Å²) in [7, 11) is 1.71. The van der Waals surface area contributed by atoms with Crippen LogP contribution in [0.3, 0.4) is 0 Å². The third-order valence-corrected chi connectivity index (χ3v) is 6.41. The quantitative estimate of drug-likeness (QED) is 0.557. The minimum absolute atomic E-state index is 0.682. The summed E-state index contributed by atoms with van der Waals surface area (Å²) in [6, 6.07) is 26.3. The first-order chi connectivity index (χ1) is 12.8. The van der Waals surface area contributed by atoms with Gasteiger partial charge < -0.3 is 4.74 Å². The van der Waals surface area contributed by atoms with Crippen molar-refractivity contribution in [3.05, 3.63) is 95.1 Å². The Labute approximate surface area is 160 Å². The Hall–Kier alpha value is -2.19. The Morgan fingerprint density at radius 3 is 2.54 bits per heavy atom. The van der Waals surface area contributed by atoms with Gasteiger partial charge in [-0.25, -0.2) is 0 Å². The topological polar surface area (TPSA) is 9.23 Å². The third kappa shape index (κ3) is 4.13. The lowest BCUT2D eigenvalue weighted by Crippen LogP contribution is -2.13. The summed E-state index contributed by atoms with van der Waals surface area (Å²) in [5.41, 5.74) is 5.67. The van der Waals surface area contributed by atoms with Gasteiger partial charge in [0.1, 0.15) is 5.75 Å². The van der Waals surface area contributed by atoms with Crippen molar-refractivity contribution in [1.29, 1.82) is 0 Å². The lowest BCUT2D eigenvalue weighted by Gasteiger charge is -2.24. The van der Waals surface area contributed by atoms with E-state index in [2.05, 4.69) is 72.4 Å². The maximum atomic E-state index is 5.25. The number of aryl methyl sites for hydroxylation is 1. The molecule has 0 amide bonds. The van der Waals surface area contributed by atoms with E-state index in [4.69, 9.17) is 4.74 Å². The van der Waals surface area contributed by atoms with E-state index >= 15 is 0 Å². The van der Waals surface area contributed by atoms with Gasteiger partial charge in [0.15, 0.2) is 0 Å². The van der Waals surface area contributed by atoms with Gasteiger partial charge in [0.25, 0.3) is 0 Å². The van der Waals surface area contributed by atoms with Crippen molar-refractivity contribution >= 4 is 11.8 Å². The molecule has 132 valence electrons. The van der Waals surface area contributed by atoms with Gasteiger partial charge >= 0.3 is 0 Å². The summed E-state index contributed by atoms with van der Waals surface area (Å²) in [6.07, 6.45) is 4.59. The van der Waals surface area contributed by atoms with Crippen LogP contribution in [0.25, 0.3) is 0 Å². The zero-order chi connectivity index (χ0) is 17.8. The van der Waals surface area contributed by atoms with E-state index in [1.165, 1.54) is 40.0 Å². The summed E-state index contributed by atoms with van der Waals surface area (Å²) in [5.74, 6) is 0.914. The predicted molar refractivity (Wildman–Crippen MR) is 110 cm³/mol.